The Balaban J connectivity index is 1.98. The van der Waals surface area contributed by atoms with Crippen LogP contribution in [0.3, 0.4) is 0 Å². The molecule has 0 spiro atoms. The standard InChI is InChI=1S/C29H43NO11/c1-18(36-25(32)37-20-11-9-8-10-12-20)17-35-24(31)21(30)15-19-13-14-22(38-26(33)40-28(2,3)4)23(16-19)39-27(34)41-29(5,6)7/h13-14,16,18,20-21H,8-12,15,17,30H2,1-7H3/t18?,21-/m0/s1. The second-order valence-electron chi connectivity index (χ2n) is 11.9. The largest absolute Gasteiger partial charge is 0.514 e. The van der Waals surface area contributed by atoms with Crippen molar-refractivity contribution in [2.24, 2.45) is 5.73 Å². The average molecular weight is 582 g/mol. The van der Waals surface area contributed by atoms with Gasteiger partial charge in [-0.15, -0.1) is 0 Å². The van der Waals surface area contributed by atoms with Crippen LogP contribution in [0.1, 0.15) is 86.1 Å². The topological polar surface area (TPSA) is 159 Å². The fourth-order valence-electron chi connectivity index (χ4n) is 3.75. The van der Waals surface area contributed by atoms with Gasteiger partial charge in [-0.25, -0.2) is 14.4 Å². The summed E-state index contributed by atoms with van der Waals surface area (Å²) in [7, 11) is 0. The van der Waals surface area contributed by atoms with Crippen molar-refractivity contribution in [3.05, 3.63) is 23.8 Å². The fourth-order valence-corrected chi connectivity index (χ4v) is 3.75. The molecule has 0 heterocycles. The van der Waals surface area contributed by atoms with E-state index in [0.717, 1.165) is 32.1 Å². The molecule has 1 saturated carbocycles. The van der Waals surface area contributed by atoms with E-state index in [4.69, 9.17) is 38.9 Å². The van der Waals surface area contributed by atoms with Gasteiger partial charge in [-0.3, -0.25) is 4.79 Å². The monoisotopic (exact) mass is 581 g/mol. The van der Waals surface area contributed by atoms with Crippen molar-refractivity contribution in [2.75, 3.05) is 6.61 Å². The van der Waals surface area contributed by atoms with Gasteiger partial charge < -0.3 is 38.9 Å². The van der Waals surface area contributed by atoms with E-state index in [1.165, 1.54) is 12.1 Å². The molecule has 0 saturated heterocycles. The fraction of sp³-hybridized carbons (Fsp3) is 0.655. The van der Waals surface area contributed by atoms with Gasteiger partial charge in [0.2, 0.25) is 0 Å². The van der Waals surface area contributed by atoms with E-state index in [-0.39, 0.29) is 30.6 Å². The van der Waals surface area contributed by atoms with Crippen molar-refractivity contribution in [3.63, 3.8) is 0 Å². The summed E-state index contributed by atoms with van der Waals surface area (Å²) in [5.74, 6) is -0.970. The molecular formula is C29H43NO11. The molecule has 2 atom stereocenters. The molecule has 41 heavy (non-hydrogen) atoms. The van der Waals surface area contributed by atoms with Crippen LogP contribution in [0.5, 0.6) is 11.5 Å². The summed E-state index contributed by atoms with van der Waals surface area (Å²) < 4.78 is 36.6. The lowest BCUT2D eigenvalue weighted by molar-refractivity contribution is -0.148. The molecule has 230 valence electrons. The number of nitrogens with two attached hydrogens (primary N) is 1. The highest BCUT2D eigenvalue weighted by atomic mass is 16.8. The minimum atomic E-state index is -1.09. The van der Waals surface area contributed by atoms with Crippen molar-refractivity contribution >= 4 is 24.4 Å². The third-order valence-corrected chi connectivity index (χ3v) is 5.50. The van der Waals surface area contributed by atoms with Crippen LogP contribution in [-0.4, -0.2) is 60.5 Å². The Hall–Kier alpha value is -3.54. The van der Waals surface area contributed by atoms with Gasteiger partial charge in [-0.1, -0.05) is 12.5 Å². The van der Waals surface area contributed by atoms with Crippen molar-refractivity contribution in [3.8, 4) is 11.5 Å². The third-order valence-electron chi connectivity index (χ3n) is 5.50. The number of carbonyl (C=O) groups is 4. The van der Waals surface area contributed by atoms with E-state index in [1.807, 2.05) is 0 Å². The van der Waals surface area contributed by atoms with Gasteiger partial charge in [0.15, 0.2) is 11.5 Å². The Bertz CT molecular complexity index is 1050. The lowest BCUT2D eigenvalue weighted by Crippen LogP contribution is -2.36. The highest BCUT2D eigenvalue weighted by Crippen LogP contribution is 2.31. The molecular weight excluding hydrogens is 538 g/mol. The van der Waals surface area contributed by atoms with Crippen LogP contribution in [0.4, 0.5) is 14.4 Å². The minimum absolute atomic E-state index is 0.00477. The molecule has 2 rings (SSSR count). The number of rotatable bonds is 9. The summed E-state index contributed by atoms with van der Waals surface area (Å²) in [5.41, 5.74) is 4.87. The van der Waals surface area contributed by atoms with E-state index in [9.17, 15) is 19.2 Å². The molecule has 0 amide bonds. The van der Waals surface area contributed by atoms with Gasteiger partial charge >= 0.3 is 24.4 Å². The zero-order valence-corrected chi connectivity index (χ0v) is 25.0. The van der Waals surface area contributed by atoms with Crippen LogP contribution in [0.2, 0.25) is 0 Å². The number of hydrogen-bond acceptors (Lipinski definition) is 12. The molecule has 0 aliphatic heterocycles. The molecule has 1 aliphatic carbocycles. The Morgan fingerprint density at radius 2 is 1.41 bits per heavy atom. The first-order valence-corrected chi connectivity index (χ1v) is 13.7. The van der Waals surface area contributed by atoms with Crippen molar-refractivity contribution in [1.29, 1.82) is 0 Å². The van der Waals surface area contributed by atoms with E-state index >= 15 is 0 Å². The number of hydrogen-bond donors (Lipinski definition) is 1. The second-order valence-corrected chi connectivity index (χ2v) is 11.9. The van der Waals surface area contributed by atoms with Crippen LogP contribution >= 0.6 is 0 Å². The predicted molar refractivity (Wildman–Crippen MR) is 147 cm³/mol. The lowest BCUT2D eigenvalue weighted by Gasteiger charge is -2.22. The molecule has 12 nitrogen and oxygen atoms in total. The van der Waals surface area contributed by atoms with Crippen molar-refractivity contribution in [2.45, 2.75) is 116 Å². The van der Waals surface area contributed by atoms with E-state index in [2.05, 4.69) is 0 Å². The van der Waals surface area contributed by atoms with E-state index in [1.54, 1.807) is 54.5 Å². The summed E-state index contributed by atoms with van der Waals surface area (Å²) in [4.78, 5) is 49.0. The predicted octanol–water partition coefficient (Wildman–Crippen LogP) is 5.60. The Morgan fingerprint density at radius 3 is 1.98 bits per heavy atom. The van der Waals surface area contributed by atoms with Gasteiger partial charge in [-0.05, 0) is 98.3 Å². The SMILES string of the molecule is CC(COC(=O)[C@@H](N)Cc1ccc(OC(=O)OC(C)(C)C)c(OC(=O)OC(C)(C)C)c1)OC(=O)OC1CCCCC1. The maximum absolute atomic E-state index is 12.5. The van der Waals surface area contributed by atoms with Crippen LogP contribution in [-0.2, 0) is 34.9 Å². The van der Waals surface area contributed by atoms with Gasteiger partial charge in [0.1, 0.15) is 36.1 Å². The van der Waals surface area contributed by atoms with Crippen LogP contribution in [0, 0.1) is 0 Å². The average Bonchev–Trinajstić information content (AvgIpc) is 2.82. The minimum Gasteiger partial charge on any atom is -0.461 e. The summed E-state index contributed by atoms with van der Waals surface area (Å²) in [6, 6.07) is 3.22. The summed E-state index contributed by atoms with van der Waals surface area (Å²) in [6.07, 6.45) is 1.06. The Labute approximate surface area is 241 Å². The Morgan fingerprint density at radius 1 is 0.854 bits per heavy atom. The Kier molecular flexibility index (Phi) is 12.2. The number of benzene rings is 1. The molecule has 0 radical (unpaired) electrons. The molecule has 1 aliphatic rings. The molecule has 1 aromatic carbocycles. The molecule has 1 aromatic rings. The molecule has 1 fully saturated rings. The van der Waals surface area contributed by atoms with Crippen molar-refractivity contribution < 1.29 is 52.3 Å². The third kappa shape index (κ3) is 13.6. The lowest BCUT2D eigenvalue weighted by atomic mass is 9.98. The maximum Gasteiger partial charge on any atom is 0.514 e. The quantitative estimate of drug-likeness (QED) is 0.219. The number of carbonyl (C=O) groups excluding carboxylic acids is 4. The smallest absolute Gasteiger partial charge is 0.461 e. The molecule has 0 aromatic heterocycles. The first kappa shape index (κ1) is 33.7. The summed E-state index contributed by atoms with van der Waals surface area (Å²) in [5, 5.41) is 0. The van der Waals surface area contributed by atoms with Crippen LogP contribution in [0.25, 0.3) is 0 Å². The van der Waals surface area contributed by atoms with Crippen LogP contribution < -0.4 is 15.2 Å². The van der Waals surface area contributed by atoms with Gasteiger partial charge in [0.25, 0.3) is 0 Å². The first-order valence-electron chi connectivity index (χ1n) is 13.7. The maximum atomic E-state index is 12.5. The van der Waals surface area contributed by atoms with Crippen molar-refractivity contribution in [1.82, 2.24) is 0 Å². The van der Waals surface area contributed by atoms with Crippen LogP contribution in [0.15, 0.2) is 18.2 Å². The van der Waals surface area contributed by atoms with Gasteiger partial charge in [0, 0.05) is 0 Å². The molecule has 2 N–H and O–H groups in total. The highest BCUT2D eigenvalue weighted by molar-refractivity contribution is 5.76. The normalized spacial score (nSPS) is 15.6. The van der Waals surface area contributed by atoms with Gasteiger partial charge in [0.05, 0.1) is 0 Å². The zero-order chi connectivity index (χ0) is 30.8. The summed E-state index contributed by atoms with van der Waals surface area (Å²) in [6.45, 7) is 11.4. The second kappa shape index (κ2) is 14.9. The van der Waals surface area contributed by atoms with E-state index < -0.39 is 47.8 Å². The van der Waals surface area contributed by atoms with Gasteiger partial charge in [-0.2, -0.15) is 0 Å². The van der Waals surface area contributed by atoms with E-state index in [0.29, 0.717) is 5.56 Å². The number of esters is 1. The highest BCUT2D eigenvalue weighted by Gasteiger charge is 2.25. The zero-order valence-electron chi connectivity index (χ0n) is 25.0. The first-order chi connectivity index (χ1) is 19.0. The summed E-state index contributed by atoms with van der Waals surface area (Å²) >= 11 is 0. The molecule has 1 unspecified atom stereocenters. The number of ether oxygens (including phenoxy) is 7. The molecule has 12 heteroatoms. The molecule has 0 bridgehead atoms.